The van der Waals surface area contributed by atoms with Crippen molar-refractivity contribution in [3.05, 3.63) is 48.0 Å². The minimum atomic E-state index is -0.909. The first-order valence-electron chi connectivity index (χ1n) is 7.11. The molecule has 1 unspecified atom stereocenters. The number of nitrogens with zero attached hydrogens (tertiary/aromatic N) is 1. The Hall–Kier alpha value is -2.10. The minimum Gasteiger partial charge on any atom is -0.467 e. The highest BCUT2D eigenvalue weighted by atomic mass is 16.5. The Morgan fingerprint density at radius 3 is 2.57 bits per heavy atom. The lowest BCUT2D eigenvalue weighted by molar-refractivity contribution is -0.152. The summed E-state index contributed by atoms with van der Waals surface area (Å²) in [6.45, 7) is 6.34. The van der Waals surface area contributed by atoms with Crippen LogP contribution in [-0.2, 0) is 9.53 Å². The Morgan fingerprint density at radius 1 is 1.33 bits per heavy atom. The number of amides is 1. The highest BCUT2D eigenvalue weighted by Crippen LogP contribution is 2.37. The molecule has 1 aromatic carbocycles. The van der Waals surface area contributed by atoms with Gasteiger partial charge >= 0.3 is 5.97 Å². The average molecular weight is 287 g/mol. The predicted octanol–water partition coefficient (Wildman–Crippen LogP) is 2.80. The van der Waals surface area contributed by atoms with Crippen LogP contribution in [0.3, 0.4) is 0 Å². The summed E-state index contributed by atoms with van der Waals surface area (Å²) in [4.78, 5) is 26.8. The summed E-state index contributed by atoms with van der Waals surface area (Å²) in [5.41, 5.74) is 0.551. The Morgan fingerprint density at radius 2 is 2.00 bits per heavy atom. The third kappa shape index (κ3) is 2.84. The third-order valence-corrected chi connectivity index (χ3v) is 3.91. The number of carbonyl (C=O) groups is 2. The number of ether oxygens (including phenoxy) is 1. The van der Waals surface area contributed by atoms with E-state index in [1.807, 2.05) is 25.1 Å². The maximum Gasteiger partial charge on any atom is 0.332 e. The molecule has 112 valence electrons. The number of esters is 1. The van der Waals surface area contributed by atoms with Crippen LogP contribution in [0, 0.1) is 0 Å². The second-order valence-electron chi connectivity index (χ2n) is 5.58. The van der Waals surface area contributed by atoms with Crippen molar-refractivity contribution < 1.29 is 14.3 Å². The van der Waals surface area contributed by atoms with E-state index in [-0.39, 0.29) is 11.9 Å². The molecule has 21 heavy (non-hydrogen) atoms. The average Bonchev–Trinajstić information content (AvgIpc) is 2.90. The summed E-state index contributed by atoms with van der Waals surface area (Å²) in [7, 11) is 1.37. The fourth-order valence-corrected chi connectivity index (χ4v) is 3.07. The molecular formula is C17H21NO3. The van der Waals surface area contributed by atoms with Gasteiger partial charge in [-0.2, -0.15) is 0 Å². The molecule has 1 atom stereocenters. The molecule has 0 aromatic heterocycles. The van der Waals surface area contributed by atoms with Crippen LogP contribution >= 0.6 is 0 Å². The maximum absolute atomic E-state index is 12.8. The van der Waals surface area contributed by atoms with Gasteiger partial charge in [0.2, 0.25) is 0 Å². The van der Waals surface area contributed by atoms with E-state index in [2.05, 4.69) is 6.58 Å². The van der Waals surface area contributed by atoms with Gasteiger partial charge in [-0.1, -0.05) is 23.8 Å². The van der Waals surface area contributed by atoms with Crippen molar-refractivity contribution in [2.75, 3.05) is 13.7 Å². The van der Waals surface area contributed by atoms with Gasteiger partial charge in [-0.25, -0.2) is 4.79 Å². The summed E-state index contributed by atoms with van der Waals surface area (Å²) in [5.74, 6) is -0.480. The minimum absolute atomic E-state index is 0.125. The lowest BCUT2D eigenvalue weighted by Gasteiger charge is -2.36. The molecule has 4 nitrogen and oxygen atoms in total. The summed E-state index contributed by atoms with van der Waals surface area (Å²) < 4.78 is 4.98. The van der Waals surface area contributed by atoms with Crippen LogP contribution in [-0.4, -0.2) is 36.0 Å². The number of rotatable bonds is 4. The van der Waals surface area contributed by atoms with Crippen LogP contribution in [0.1, 0.15) is 36.5 Å². The molecule has 1 fully saturated rings. The van der Waals surface area contributed by atoms with E-state index in [4.69, 9.17) is 4.74 Å². The van der Waals surface area contributed by atoms with Crippen molar-refractivity contribution in [2.45, 2.75) is 31.7 Å². The van der Waals surface area contributed by atoms with E-state index >= 15 is 0 Å². The van der Waals surface area contributed by atoms with E-state index < -0.39 is 5.54 Å². The van der Waals surface area contributed by atoms with Gasteiger partial charge in [0.1, 0.15) is 5.54 Å². The van der Waals surface area contributed by atoms with E-state index in [1.165, 1.54) is 7.11 Å². The van der Waals surface area contributed by atoms with E-state index in [9.17, 15) is 9.59 Å². The van der Waals surface area contributed by atoms with Gasteiger partial charge in [-0.15, -0.1) is 6.58 Å². The fourth-order valence-electron chi connectivity index (χ4n) is 3.07. The molecular weight excluding hydrogens is 266 g/mol. The zero-order chi connectivity index (χ0) is 15.5. The van der Waals surface area contributed by atoms with Crippen molar-refractivity contribution in [3.63, 3.8) is 0 Å². The number of methoxy groups -OCH3 is 1. The van der Waals surface area contributed by atoms with Crippen molar-refractivity contribution in [2.24, 2.45) is 0 Å². The second-order valence-corrected chi connectivity index (χ2v) is 5.58. The van der Waals surface area contributed by atoms with Crippen molar-refractivity contribution >= 4 is 11.9 Å². The predicted molar refractivity (Wildman–Crippen MR) is 80.9 cm³/mol. The molecule has 1 aromatic rings. The fraction of sp³-hybridized carbons (Fsp3) is 0.412. The van der Waals surface area contributed by atoms with Gasteiger partial charge < -0.3 is 9.64 Å². The molecule has 0 aliphatic carbocycles. The van der Waals surface area contributed by atoms with Crippen LogP contribution in [0.25, 0.3) is 0 Å². The standard InChI is InChI=1S/C17H21NO3/c1-13(2)12-17(16(20)21-3)10-7-11-18(17)15(19)14-8-5-4-6-9-14/h4-6,8-9H,1,7,10-12H2,2-3H3. The first-order valence-corrected chi connectivity index (χ1v) is 7.11. The molecule has 1 heterocycles. The van der Waals surface area contributed by atoms with Crippen molar-refractivity contribution in [1.29, 1.82) is 0 Å². The first kappa shape index (κ1) is 15.3. The third-order valence-electron chi connectivity index (χ3n) is 3.91. The molecule has 0 spiro atoms. The summed E-state index contributed by atoms with van der Waals surface area (Å²) in [5, 5.41) is 0. The van der Waals surface area contributed by atoms with Gasteiger partial charge in [-0.05, 0) is 31.9 Å². The smallest absolute Gasteiger partial charge is 0.332 e. The van der Waals surface area contributed by atoms with Crippen LogP contribution in [0.5, 0.6) is 0 Å². The molecule has 4 heteroatoms. The van der Waals surface area contributed by atoms with E-state index in [0.717, 1.165) is 12.0 Å². The lowest BCUT2D eigenvalue weighted by atomic mass is 9.88. The van der Waals surface area contributed by atoms with Gasteiger partial charge in [0.15, 0.2) is 0 Å². The Bertz CT molecular complexity index is 552. The normalized spacial score (nSPS) is 21.1. The molecule has 0 saturated carbocycles. The van der Waals surface area contributed by atoms with Crippen LogP contribution in [0.2, 0.25) is 0 Å². The zero-order valence-electron chi connectivity index (χ0n) is 12.6. The monoisotopic (exact) mass is 287 g/mol. The van der Waals surface area contributed by atoms with E-state index in [1.54, 1.807) is 17.0 Å². The summed E-state index contributed by atoms with van der Waals surface area (Å²) >= 11 is 0. The van der Waals surface area contributed by atoms with Gasteiger partial charge in [0.05, 0.1) is 7.11 Å². The van der Waals surface area contributed by atoms with Gasteiger partial charge in [-0.3, -0.25) is 4.79 Å². The van der Waals surface area contributed by atoms with Crippen LogP contribution in [0.4, 0.5) is 0 Å². The second kappa shape index (κ2) is 6.12. The SMILES string of the molecule is C=C(C)CC1(C(=O)OC)CCCN1C(=O)c1ccccc1. The Labute approximate surface area is 125 Å². The van der Waals surface area contributed by atoms with E-state index in [0.29, 0.717) is 24.9 Å². The summed E-state index contributed by atoms with van der Waals surface area (Å²) in [6.07, 6.45) is 1.85. The zero-order valence-corrected chi connectivity index (χ0v) is 12.6. The highest BCUT2D eigenvalue weighted by Gasteiger charge is 2.50. The molecule has 1 amide bonds. The molecule has 1 aliphatic rings. The number of hydrogen-bond donors (Lipinski definition) is 0. The lowest BCUT2D eigenvalue weighted by Crippen LogP contribution is -2.53. The quantitative estimate of drug-likeness (QED) is 0.632. The highest BCUT2D eigenvalue weighted by molar-refractivity contribution is 5.98. The number of carbonyl (C=O) groups excluding carboxylic acids is 2. The van der Waals surface area contributed by atoms with Crippen molar-refractivity contribution in [1.82, 2.24) is 4.90 Å². The molecule has 0 radical (unpaired) electrons. The number of benzene rings is 1. The molecule has 1 saturated heterocycles. The topological polar surface area (TPSA) is 46.6 Å². The number of hydrogen-bond acceptors (Lipinski definition) is 3. The number of likely N-dealkylation sites (tertiary alicyclic amines) is 1. The van der Waals surface area contributed by atoms with Crippen LogP contribution < -0.4 is 0 Å². The summed E-state index contributed by atoms with van der Waals surface area (Å²) in [6, 6.07) is 9.04. The molecule has 0 N–H and O–H groups in total. The van der Waals surface area contributed by atoms with Crippen molar-refractivity contribution in [3.8, 4) is 0 Å². The van der Waals surface area contributed by atoms with Crippen LogP contribution in [0.15, 0.2) is 42.5 Å². The first-order chi connectivity index (χ1) is 10.0. The molecule has 0 bridgehead atoms. The van der Waals surface area contributed by atoms with Gasteiger partial charge in [0, 0.05) is 18.5 Å². The maximum atomic E-state index is 12.8. The molecule has 1 aliphatic heterocycles. The molecule has 2 rings (SSSR count). The Balaban J connectivity index is 2.38. The largest absolute Gasteiger partial charge is 0.467 e. The van der Waals surface area contributed by atoms with Gasteiger partial charge in [0.25, 0.3) is 5.91 Å². The Kier molecular flexibility index (Phi) is 4.46.